The zero-order valence-electron chi connectivity index (χ0n) is 6.82. The van der Waals surface area contributed by atoms with E-state index < -0.39 is 0 Å². The first-order chi connectivity index (χ1) is 5.86. The fourth-order valence-corrected chi connectivity index (χ4v) is 1.09. The molecule has 0 N–H and O–H groups in total. The Balaban J connectivity index is 2.43. The van der Waals surface area contributed by atoms with E-state index in [-0.39, 0.29) is 0 Å². The lowest BCUT2D eigenvalue weighted by molar-refractivity contribution is 0.420. The molecule has 0 bridgehead atoms. The van der Waals surface area contributed by atoms with Crippen LogP contribution in [-0.2, 0) is 0 Å². The quantitative estimate of drug-likeness (QED) is 0.639. The number of hydrogen-bond donors (Lipinski definition) is 0. The van der Waals surface area contributed by atoms with Crippen molar-refractivity contribution >= 4 is 0 Å². The lowest BCUT2D eigenvalue weighted by Crippen LogP contribution is -1.74. The SMILES string of the molecule is Cc1ccc(-c2cnoc2)cc1. The summed E-state index contributed by atoms with van der Waals surface area (Å²) < 4.78 is 4.75. The zero-order chi connectivity index (χ0) is 8.39. The van der Waals surface area contributed by atoms with Gasteiger partial charge in [-0.15, -0.1) is 0 Å². The summed E-state index contributed by atoms with van der Waals surface area (Å²) in [6.45, 7) is 2.07. The van der Waals surface area contributed by atoms with Gasteiger partial charge in [-0.25, -0.2) is 0 Å². The molecular weight excluding hydrogens is 150 g/mol. The van der Waals surface area contributed by atoms with Crippen molar-refractivity contribution in [2.45, 2.75) is 6.92 Å². The predicted octanol–water partition coefficient (Wildman–Crippen LogP) is 2.65. The van der Waals surface area contributed by atoms with Crippen LogP contribution in [0.4, 0.5) is 0 Å². The van der Waals surface area contributed by atoms with E-state index in [2.05, 4.69) is 36.3 Å². The standard InChI is InChI=1S/C10H9NO/c1-8-2-4-9(5-3-8)10-6-11-12-7-10/h2-7H,1H3. The summed E-state index contributed by atoms with van der Waals surface area (Å²) in [5, 5.41) is 3.65. The molecule has 0 spiro atoms. The van der Waals surface area contributed by atoms with Gasteiger partial charge in [0.25, 0.3) is 0 Å². The van der Waals surface area contributed by atoms with Gasteiger partial charge in [-0.2, -0.15) is 0 Å². The van der Waals surface area contributed by atoms with E-state index in [4.69, 9.17) is 4.52 Å². The Kier molecular flexibility index (Phi) is 1.67. The van der Waals surface area contributed by atoms with Crippen LogP contribution in [0.3, 0.4) is 0 Å². The topological polar surface area (TPSA) is 26.0 Å². The summed E-state index contributed by atoms with van der Waals surface area (Å²) in [5.74, 6) is 0. The van der Waals surface area contributed by atoms with E-state index in [0.717, 1.165) is 11.1 Å². The molecule has 1 aromatic heterocycles. The Morgan fingerprint density at radius 2 is 1.83 bits per heavy atom. The summed E-state index contributed by atoms with van der Waals surface area (Å²) in [6.07, 6.45) is 3.36. The van der Waals surface area contributed by atoms with Crippen LogP contribution in [0.2, 0.25) is 0 Å². The van der Waals surface area contributed by atoms with E-state index in [1.165, 1.54) is 5.56 Å². The number of nitrogens with zero attached hydrogens (tertiary/aromatic N) is 1. The van der Waals surface area contributed by atoms with Crippen LogP contribution in [0.5, 0.6) is 0 Å². The van der Waals surface area contributed by atoms with Crippen molar-refractivity contribution in [3.05, 3.63) is 42.3 Å². The molecule has 0 atom stereocenters. The van der Waals surface area contributed by atoms with E-state index in [0.29, 0.717) is 0 Å². The van der Waals surface area contributed by atoms with E-state index in [1.54, 1.807) is 12.5 Å². The van der Waals surface area contributed by atoms with Gasteiger partial charge >= 0.3 is 0 Å². The average molecular weight is 159 g/mol. The van der Waals surface area contributed by atoms with Crippen molar-refractivity contribution in [3.8, 4) is 11.1 Å². The number of aryl methyl sites for hydroxylation is 1. The normalized spacial score (nSPS) is 10.1. The molecule has 0 amide bonds. The highest BCUT2D eigenvalue weighted by Crippen LogP contribution is 2.18. The highest BCUT2D eigenvalue weighted by Gasteiger charge is 1.97. The van der Waals surface area contributed by atoms with Crippen molar-refractivity contribution in [1.29, 1.82) is 0 Å². The Labute approximate surface area is 70.8 Å². The van der Waals surface area contributed by atoms with Gasteiger partial charge in [-0.3, -0.25) is 0 Å². The van der Waals surface area contributed by atoms with Gasteiger partial charge in [-0.05, 0) is 12.5 Å². The number of benzene rings is 1. The van der Waals surface area contributed by atoms with E-state index in [1.807, 2.05) is 0 Å². The first-order valence-corrected chi connectivity index (χ1v) is 3.83. The van der Waals surface area contributed by atoms with Crippen molar-refractivity contribution in [2.24, 2.45) is 0 Å². The van der Waals surface area contributed by atoms with Crippen molar-refractivity contribution in [3.63, 3.8) is 0 Å². The van der Waals surface area contributed by atoms with Gasteiger partial charge in [0, 0.05) is 5.56 Å². The second-order valence-electron chi connectivity index (χ2n) is 2.78. The first-order valence-electron chi connectivity index (χ1n) is 3.83. The molecule has 0 aliphatic rings. The third-order valence-electron chi connectivity index (χ3n) is 1.82. The zero-order valence-corrected chi connectivity index (χ0v) is 6.82. The summed E-state index contributed by atoms with van der Waals surface area (Å²) in [7, 11) is 0. The average Bonchev–Trinajstić information content (AvgIpc) is 2.58. The molecule has 0 saturated carbocycles. The van der Waals surface area contributed by atoms with Gasteiger partial charge in [0.05, 0.1) is 6.20 Å². The molecule has 60 valence electrons. The van der Waals surface area contributed by atoms with Crippen LogP contribution < -0.4 is 0 Å². The Morgan fingerprint density at radius 3 is 2.42 bits per heavy atom. The molecule has 2 rings (SSSR count). The lowest BCUT2D eigenvalue weighted by atomic mass is 10.1. The first kappa shape index (κ1) is 7.10. The maximum Gasteiger partial charge on any atom is 0.131 e. The fourth-order valence-electron chi connectivity index (χ4n) is 1.09. The molecular formula is C10H9NO. The van der Waals surface area contributed by atoms with Gasteiger partial charge in [0.15, 0.2) is 0 Å². The highest BCUT2D eigenvalue weighted by molar-refractivity contribution is 5.61. The maximum atomic E-state index is 4.75. The Morgan fingerprint density at radius 1 is 1.08 bits per heavy atom. The third-order valence-corrected chi connectivity index (χ3v) is 1.82. The molecule has 12 heavy (non-hydrogen) atoms. The molecule has 0 fully saturated rings. The highest BCUT2D eigenvalue weighted by atomic mass is 16.5. The molecule has 0 unspecified atom stereocenters. The third kappa shape index (κ3) is 1.23. The van der Waals surface area contributed by atoms with Crippen molar-refractivity contribution < 1.29 is 4.52 Å². The molecule has 1 heterocycles. The van der Waals surface area contributed by atoms with Gasteiger partial charge < -0.3 is 4.52 Å². The van der Waals surface area contributed by atoms with Crippen LogP contribution >= 0.6 is 0 Å². The van der Waals surface area contributed by atoms with Crippen LogP contribution in [-0.4, -0.2) is 5.16 Å². The molecule has 0 aliphatic carbocycles. The molecule has 0 radical (unpaired) electrons. The second-order valence-corrected chi connectivity index (χ2v) is 2.78. The van der Waals surface area contributed by atoms with Crippen LogP contribution in [0.1, 0.15) is 5.56 Å². The molecule has 2 aromatic rings. The smallest absolute Gasteiger partial charge is 0.131 e. The molecule has 2 nitrogen and oxygen atoms in total. The number of aromatic nitrogens is 1. The minimum atomic E-state index is 1.02. The minimum Gasteiger partial charge on any atom is -0.364 e. The monoisotopic (exact) mass is 159 g/mol. The van der Waals surface area contributed by atoms with Gasteiger partial charge in [-0.1, -0.05) is 35.0 Å². The van der Waals surface area contributed by atoms with Crippen molar-refractivity contribution in [2.75, 3.05) is 0 Å². The Hall–Kier alpha value is -1.57. The largest absolute Gasteiger partial charge is 0.364 e. The molecule has 0 saturated heterocycles. The van der Waals surface area contributed by atoms with Crippen LogP contribution in [0, 0.1) is 6.92 Å². The summed E-state index contributed by atoms with van der Waals surface area (Å²) in [6, 6.07) is 8.26. The lowest BCUT2D eigenvalue weighted by Gasteiger charge is -1.95. The van der Waals surface area contributed by atoms with Crippen LogP contribution in [0.15, 0.2) is 41.2 Å². The van der Waals surface area contributed by atoms with Crippen LogP contribution in [0.25, 0.3) is 11.1 Å². The minimum absolute atomic E-state index is 1.02. The molecule has 2 heteroatoms. The van der Waals surface area contributed by atoms with E-state index in [9.17, 15) is 0 Å². The van der Waals surface area contributed by atoms with E-state index >= 15 is 0 Å². The number of hydrogen-bond acceptors (Lipinski definition) is 2. The van der Waals surface area contributed by atoms with Crippen molar-refractivity contribution in [1.82, 2.24) is 5.16 Å². The van der Waals surface area contributed by atoms with Gasteiger partial charge in [0.1, 0.15) is 6.26 Å². The maximum absolute atomic E-state index is 4.75. The predicted molar refractivity (Wildman–Crippen MR) is 46.7 cm³/mol. The summed E-state index contributed by atoms with van der Waals surface area (Å²) in [5.41, 5.74) is 3.42. The number of rotatable bonds is 1. The Bertz CT molecular complexity index is 348. The molecule has 1 aromatic carbocycles. The summed E-state index contributed by atoms with van der Waals surface area (Å²) in [4.78, 5) is 0. The van der Waals surface area contributed by atoms with Gasteiger partial charge in [0.2, 0.25) is 0 Å². The summed E-state index contributed by atoms with van der Waals surface area (Å²) >= 11 is 0. The molecule has 0 aliphatic heterocycles. The second kappa shape index (κ2) is 2.81. The fraction of sp³-hybridized carbons (Fsp3) is 0.100.